The second-order valence-electron chi connectivity index (χ2n) is 4.76. The maximum absolute atomic E-state index is 12.2. The molecule has 0 aliphatic heterocycles. The lowest BCUT2D eigenvalue weighted by Gasteiger charge is -1.95. The van der Waals surface area contributed by atoms with E-state index in [0.29, 0.717) is 15.9 Å². The second kappa shape index (κ2) is 7.78. The molecule has 0 radical (unpaired) electrons. The van der Waals surface area contributed by atoms with Crippen molar-refractivity contribution in [3.8, 4) is 11.3 Å². The van der Waals surface area contributed by atoms with Gasteiger partial charge in [-0.1, -0.05) is 46.8 Å². The average Bonchev–Trinajstić information content (AvgIpc) is 3.23. The smallest absolute Gasteiger partial charge is 0.279 e. The number of carbonyl (C=O) groups is 1. The lowest BCUT2D eigenvalue weighted by Crippen LogP contribution is -2.11. The number of rotatable bonds is 6. The van der Waals surface area contributed by atoms with Crippen molar-refractivity contribution in [1.29, 1.82) is 0 Å². The molecule has 9 heteroatoms. The molecule has 2 heterocycles. The van der Waals surface area contributed by atoms with Crippen LogP contribution in [0.2, 0.25) is 5.02 Å². The predicted molar refractivity (Wildman–Crippen MR) is 95.8 cm³/mol. The van der Waals surface area contributed by atoms with Crippen LogP contribution >= 0.6 is 34.7 Å². The van der Waals surface area contributed by atoms with Crippen LogP contribution < -0.4 is 5.32 Å². The van der Waals surface area contributed by atoms with Gasteiger partial charge in [0, 0.05) is 22.4 Å². The molecular weight excluding hydrogens is 368 g/mol. The summed E-state index contributed by atoms with van der Waals surface area (Å²) >= 11 is 8.81. The SMILES string of the molecule is CCCSc1nnc(NC(=O)c2cc(-c3ccc(Cl)cc3)on2)s1. The van der Waals surface area contributed by atoms with Gasteiger partial charge in [-0.2, -0.15) is 0 Å². The Hall–Kier alpha value is -1.90. The molecule has 0 saturated heterocycles. The first-order chi connectivity index (χ1) is 11.7. The third kappa shape index (κ3) is 4.14. The predicted octanol–water partition coefficient (Wildman–Crippen LogP) is 4.60. The van der Waals surface area contributed by atoms with Crippen LogP contribution in [0.4, 0.5) is 5.13 Å². The van der Waals surface area contributed by atoms with E-state index in [1.807, 2.05) is 0 Å². The summed E-state index contributed by atoms with van der Waals surface area (Å²) in [7, 11) is 0. The highest BCUT2D eigenvalue weighted by Gasteiger charge is 2.16. The summed E-state index contributed by atoms with van der Waals surface area (Å²) in [6.07, 6.45) is 1.05. The number of thioether (sulfide) groups is 1. The van der Waals surface area contributed by atoms with Crippen molar-refractivity contribution in [2.75, 3.05) is 11.1 Å². The van der Waals surface area contributed by atoms with Gasteiger partial charge in [-0.05, 0) is 30.7 Å². The van der Waals surface area contributed by atoms with Crippen molar-refractivity contribution in [3.63, 3.8) is 0 Å². The number of halogens is 1. The maximum Gasteiger partial charge on any atom is 0.279 e. The minimum absolute atomic E-state index is 0.179. The molecule has 1 amide bonds. The first-order valence-electron chi connectivity index (χ1n) is 7.16. The minimum atomic E-state index is -0.387. The van der Waals surface area contributed by atoms with Crippen molar-refractivity contribution < 1.29 is 9.32 Å². The van der Waals surface area contributed by atoms with Gasteiger partial charge < -0.3 is 4.52 Å². The number of carbonyl (C=O) groups excluding carboxylic acids is 1. The van der Waals surface area contributed by atoms with Crippen LogP contribution in [-0.4, -0.2) is 27.0 Å². The molecular formula is C15H13ClN4O2S2. The Morgan fingerprint density at radius 1 is 1.33 bits per heavy atom. The number of hydrogen-bond acceptors (Lipinski definition) is 7. The van der Waals surface area contributed by atoms with Crippen LogP contribution in [0.1, 0.15) is 23.8 Å². The Balaban J connectivity index is 1.67. The Morgan fingerprint density at radius 2 is 2.12 bits per heavy atom. The highest BCUT2D eigenvalue weighted by Crippen LogP contribution is 2.27. The molecule has 3 rings (SSSR count). The summed E-state index contributed by atoms with van der Waals surface area (Å²) in [6, 6.07) is 8.66. The number of nitrogens with one attached hydrogen (secondary N) is 1. The molecule has 0 saturated carbocycles. The van der Waals surface area contributed by atoms with Crippen LogP contribution in [0.25, 0.3) is 11.3 Å². The molecule has 1 aromatic carbocycles. The van der Waals surface area contributed by atoms with Crippen molar-refractivity contribution in [2.24, 2.45) is 0 Å². The lowest BCUT2D eigenvalue weighted by atomic mass is 10.1. The Kier molecular flexibility index (Phi) is 5.49. The largest absolute Gasteiger partial charge is 0.355 e. The van der Waals surface area contributed by atoms with Gasteiger partial charge in [0.1, 0.15) is 0 Å². The van der Waals surface area contributed by atoms with E-state index in [0.717, 1.165) is 22.1 Å². The highest BCUT2D eigenvalue weighted by atomic mass is 35.5. The van der Waals surface area contributed by atoms with Gasteiger partial charge in [-0.25, -0.2) is 0 Å². The van der Waals surface area contributed by atoms with E-state index in [9.17, 15) is 4.79 Å². The summed E-state index contributed by atoms with van der Waals surface area (Å²) < 4.78 is 6.04. The van der Waals surface area contributed by atoms with E-state index < -0.39 is 0 Å². The normalized spacial score (nSPS) is 10.8. The standard InChI is InChI=1S/C15H13ClN4O2S2/c1-2-7-23-15-19-18-14(24-15)17-13(21)11-8-12(22-20-11)9-3-5-10(16)6-4-9/h3-6,8H,2,7H2,1H3,(H,17,18,21). The van der Waals surface area contributed by atoms with Gasteiger partial charge >= 0.3 is 0 Å². The average molecular weight is 381 g/mol. The van der Waals surface area contributed by atoms with E-state index >= 15 is 0 Å². The summed E-state index contributed by atoms with van der Waals surface area (Å²) in [5.74, 6) is 1.08. The zero-order valence-corrected chi connectivity index (χ0v) is 15.0. The number of anilines is 1. The molecule has 3 aromatic rings. The molecule has 1 N–H and O–H groups in total. The molecule has 0 atom stereocenters. The number of aromatic nitrogens is 3. The van der Waals surface area contributed by atoms with E-state index in [2.05, 4.69) is 27.6 Å². The number of benzene rings is 1. The third-order valence-corrected chi connectivity index (χ3v) is 5.36. The van der Waals surface area contributed by atoms with Crippen LogP contribution in [0, 0.1) is 0 Å². The number of amides is 1. The van der Waals surface area contributed by atoms with E-state index in [1.54, 1.807) is 42.1 Å². The number of hydrogen-bond donors (Lipinski definition) is 1. The molecule has 6 nitrogen and oxygen atoms in total. The summed E-state index contributed by atoms with van der Waals surface area (Å²) in [5.41, 5.74) is 0.970. The van der Waals surface area contributed by atoms with Crippen molar-refractivity contribution >= 4 is 45.7 Å². The molecule has 124 valence electrons. The minimum Gasteiger partial charge on any atom is -0.355 e. The first kappa shape index (κ1) is 16.9. The van der Waals surface area contributed by atoms with E-state index in [4.69, 9.17) is 16.1 Å². The first-order valence-corrected chi connectivity index (χ1v) is 9.34. The summed E-state index contributed by atoms with van der Waals surface area (Å²) in [6.45, 7) is 2.10. The molecule has 0 spiro atoms. The Labute approximate surface area is 151 Å². The number of nitrogens with zero attached hydrogens (tertiary/aromatic N) is 3. The van der Waals surface area contributed by atoms with Crippen LogP contribution in [0.3, 0.4) is 0 Å². The molecule has 0 aliphatic rings. The van der Waals surface area contributed by atoms with Crippen molar-refractivity contribution in [3.05, 3.63) is 41.0 Å². The molecule has 2 aromatic heterocycles. The second-order valence-corrected chi connectivity index (χ2v) is 7.52. The quantitative estimate of drug-likeness (QED) is 0.497. The van der Waals surface area contributed by atoms with Gasteiger partial charge in [0.15, 0.2) is 15.8 Å². The van der Waals surface area contributed by atoms with Crippen LogP contribution in [0.15, 0.2) is 39.2 Å². The molecule has 0 aliphatic carbocycles. The molecule has 0 fully saturated rings. The monoisotopic (exact) mass is 380 g/mol. The Bertz CT molecular complexity index is 832. The zero-order chi connectivity index (χ0) is 16.9. The molecule has 24 heavy (non-hydrogen) atoms. The van der Waals surface area contributed by atoms with Gasteiger partial charge in [-0.15, -0.1) is 10.2 Å². The lowest BCUT2D eigenvalue weighted by molar-refractivity contribution is 0.101. The van der Waals surface area contributed by atoms with Crippen LogP contribution in [0.5, 0.6) is 0 Å². The van der Waals surface area contributed by atoms with Crippen molar-refractivity contribution in [2.45, 2.75) is 17.7 Å². The fourth-order valence-electron chi connectivity index (χ4n) is 1.80. The summed E-state index contributed by atoms with van der Waals surface area (Å²) in [5, 5.41) is 15.5. The zero-order valence-electron chi connectivity index (χ0n) is 12.7. The van der Waals surface area contributed by atoms with Gasteiger partial charge in [-0.3, -0.25) is 10.1 Å². The highest BCUT2D eigenvalue weighted by molar-refractivity contribution is 8.01. The van der Waals surface area contributed by atoms with Gasteiger partial charge in [0.05, 0.1) is 0 Å². The van der Waals surface area contributed by atoms with Gasteiger partial charge in [0.25, 0.3) is 5.91 Å². The topological polar surface area (TPSA) is 80.9 Å². The van der Waals surface area contributed by atoms with Crippen molar-refractivity contribution in [1.82, 2.24) is 15.4 Å². The van der Waals surface area contributed by atoms with E-state index in [-0.39, 0.29) is 11.6 Å². The van der Waals surface area contributed by atoms with Crippen LogP contribution in [-0.2, 0) is 0 Å². The molecule has 0 bridgehead atoms. The fourth-order valence-corrected chi connectivity index (χ4v) is 3.60. The maximum atomic E-state index is 12.2. The fraction of sp³-hybridized carbons (Fsp3) is 0.200. The molecule has 0 unspecified atom stereocenters. The Morgan fingerprint density at radius 3 is 2.88 bits per heavy atom. The third-order valence-electron chi connectivity index (χ3n) is 2.93. The summed E-state index contributed by atoms with van der Waals surface area (Å²) in [4.78, 5) is 12.2. The van der Waals surface area contributed by atoms with Gasteiger partial charge in [0.2, 0.25) is 5.13 Å². The van der Waals surface area contributed by atoms with E-state index in [1.165, 1.54) is 11.3 Å².